The summed E-state index contributed by atoms with van der Waals surface area (Å²) in [6.45, 7) is -0.0142. The first kappa shape index (κ1) is 21.0. The van der Waals surface area contributed by atoms with Crippen LogP contribution in [0.5, 0.6) is 5.75 Å². The van der Waals surface area contributed by atoms with Crippen LogP contribution in [-0.4, -0.2) is 35.8 Å². The third kappa shape index (κ3) is 5.67. The summed E-state index contributed by atoms with van der Waals surface area (Å²) in [6.07, 6.45) is 3.55. The molecule has 7 nitrogen and oxygen atoms in total. The minimum absolute atomic E-state index is 0.0142. The Morgan fingerprint density at radius 1 is 1.16 bits per heavy atom. The summed E-state index contributed by atoms with van der Waals surface area (Å²) in [7, 11) is 1.60. The minimum Gasteiger partial charge on any atom is -0.497 e. The molecule has 0 aliphatic heterocycles. The number of aromatic nitrogens is 1. The number of hydrogen-bond acceptors (Lipinski definition) is 7. The molecule has 1 heterocycles. The Kier molecular flexibility index (Phi) is 6.57. The molecule has 0 atom stereocenters. The van der Waals surface area contributed by atoms with Gasteiger partial charge in [0.1, 0.15) is 24.3 Å². The first-order valence-electron chi connectivity index (χ1n) is 9.89. The van der Waals surface area contributed by atoms with Crippen molar-refractivity contribution < 1.29 is 23.5 Å². The molecule has 31 heavy (non-hydrogen) atoms. The fourth-order valence-corrected chi connectivity index (χ4v) is 3.71. The Balaban J connectivity index is 1.34. The average molecular weight is 439 g/mol. The van der Waals surface area contributed by atoms with E-state index in [4.69, 9.17) is 13.9 Å². The second-order valence-electron chi connectivity index (χ2n) is 7.08. The number of oxazole rings is 1. The van der Waals surface area contributed by atoms with Crippen LogP contribution in [0.2, 0.25) is 0 Å². The zero-order valence-electron chi connectivity index (χ0n) is 17.0. The second kappa shape index (κ2) is 9.70. The standard InChI is InChI=1S/C23H22N2O5S/c1-28-18-10-6-15(7-11-18)22-25-17(12-29-22)13-30-23(27)19-4-2-3-5-20(19)31-14-21(26)24-16-8-9-16/h2-7,10-12,16H,8-9,13-14H2,1H3,(H,24,26). The molecule has 1 aliphatic rings. The topological polar surface area (TPSA) is 90.7 Å². The maximum atomic E-state index is 12.6. The largest absolute Gasteiger partial charge is 0.497 e. The smallest absolute Gasteiger partial charge is 0.339 e. The van der Waals surface area contributed by atoms with Crippen LogP contribution in [0, 0.1) is 0 Å². The highest BCUT2D eigenvalue weighted by Gasteiger charge is 2.23. The number of nitrogens with one attached hydrogen (secondary N) is 1. The number of nitrogens with zero attached hydrogens (tertiary/aromatic N) is 1. The lowest BCUT2D eigenvalue weighted by Crippen LogP contribution is -2.27. The van der Waals surface area contributed by atoms with E-state index in [2.05, 4.69) is 10.3 Å². The first-order valence-corrected chi connectivity index (χ1v) is 10.9. The maximum Gasteiger partial charge on any atom is 0.339 e. The molecule has 0 radical (unpaired) electrons. The molecular formula is C23H22N2O5S. The Hall–Kier alpha value is -3.26. The Labute approximate surface area is 184 Å². The molecule has 2 aromatic carbocycles. The predicted octanol–water partition coefficient (Wildman–Crippen LogP) is 4.08. The molecule has 1 saturated carbocycles. The van der Waals surface area contributed by atoms with Crippen molar-refractivity contribution >= 4 is 23.6 Å². The lowest BCUT2D eigenvalue weighted by Gasteiger charge is -2.09. The van der Waals surface area contributed by atoms with E-state index in [1.807, 2.05) is 36.4 Å². The van der Waals surface area contributed by atoms with Gasteiger partial charge < -0.3 is 19.2 Å². The molecule has 4 rings (SSSR count). The summed E-state index contributed by atoms with van der Waals surface area (Å²) in [4.78, 5) is 29.6. The fourth-order valence-electron chi connectivity index (χ4n) is 2.86. The highest BCUT2D eigenvalue weighted by atomic mass is 32.2. The lowest BCUT2D eigenvalue weighted by atomic mass is 10.2. The van der Waals surface area contributed by atoms with Crippen LogP contribution < -0.4 is 10.1 Å². The van der Waals surface area contributed by atoms with Crippen LogP contribution in [0.4, 0.5) is 0 Å². The van der Waals surface area contributed by atoms with E-state index in [1.54, 1.807) is 19.2 Å². The maximum absolute atomic E-state index is 12.6. The van der Waals surface area contributed by atoms with Gasteiger partial charge in [-0.25, -0.2) is 9.78 Å². The summed E-state index contributed by atoms with van der Waals surface area (Å²) in [6, 6.07) is 14.7. The number of hydrogen-bond donors (Lipinski definition) is 1. The number of thioether (sulfide) groups is 1. The van der Waals surface area contributed by atoms with Gasteiger partial charge in [-0.2, -0.15) is 0 Å². The van der Waals surface area contributed by atoms with Crippen molar-refractivity contribution in [1.82, 2.24) is 10.3 Å². The van der Waals surface area contributed by atoms with Gasteiger partial charge in [-0.1, -0.05) is 12.1 Å². The molecular weight excluding hydrogens is 416 g/mol. The Morgan fingerprint density at radius 3 is 2.68 bits per heavy atom. The van der Waals surface area contributed by atoms with Crippen LogP contribution >= 0.6 is 11.8 Å². The first-order chi connectivity index (χ1) is 15.1. The summed E-state index contributed by atoms with van der Waals surface area (Å²) in [5.74, 6) is 0.941. The number of carbonyl (C=O) groups excluding carboxylic acids is 2. The molecule has 0 bridgehead atoms. The van der Waals surface area contributed by atoms with Crippen LogP contribution in [0.15, 0.2) is 64.1 Å². The van der Waals surface area contributed by atoms with E-state index < -0.39 is 5.97 Å². The predicted molar refractivity (Wildman–Crippen MR) is 116 cm³/mol. The van der Waals surface area contributed by atoms with Crippen LogP contribution in [0.1, 0.15) is 28.9 Å². The lowest BCUT2D eigenvalue weighted by molar-refractivity contribution is -0.118. The number of ether oxygens (including phenoxy) is 2. The van der Waals surface area contributed by atoms with Crippen molar-refractivity contribution in [3.63, 3.8) is 0 Å². The van der Waals surface area contributed by atoms with E-state index in [0.717, 1.165) is 24.2 Å². The molecule has 1 aromatic heterocycles. The van der Waals surface area contributed by atoms with Gasteiger partial charge in [0, 0.05) is 16.5 Å². The van der Waals surface area contributed by atoms with E-state index in [9.17, 15) is 9.59 Å². The third-order valence-corrected chi connectivity index (χ3v) is 5.72. The van der Waals surface area contributed by atoms with Crippen LogP contribution in [0.25, 0.3) is 11.5 Å². The minimum atomic E-state index is -0.473. The normalized spacial score (nSPS) is 12.9. The van der Waals surface area contributed by atoms with Gasteiger partial charge >= 0.3 is 5.97 Å². The van der Waals surface area contributed by atoms with Gasteiger partial charge in [0.05, 0.1) is 18.4 Å². The molecule has 160 valence electrons. The van der Waals surface area contributed by atoms with E-state index in [1.165, 1.54) is 18.0 Å². The highest BCUT2D eigenvalue weighted by molar-refractivity contribution is 8.00. The Morgan fingerprint density at radius 2 is 1.94 bits per heavy atom. The molecule has 0 unspecified atom stereocenters. The molecule has 1 fully saturated rings. The number of carbonyl (C=O) groups is 2. The van der Waals surface area contributed by atoms with Gasteiger partial charge in [-0.3, -0.25) is 4.79 Å². The summed E-state index contributed by atoms with van der Waals surface area (Å²) < 4.78 is 16.1. The number of methoxy groups -OCH3 is 1. The van der Waals surface area contributed by atoms with E-state index in [-0.39, 0.29) is 18.3 Å². The van der Waals surface area contributed by atoms with Crippen molar-refractivity contribution in [1.29, 1.82) is 0 Å². The van der Waals surface area contributed by atoms with Crippen molar-refractivity contribution in [3.05, 3.63) is 66.1 Å². The number of amides is 1. The number of rotatable bonds is 9. The van der Waals surface area contributed by atoms with Crippen molar-refractivity contribution in [2.24, 2.45) is 0 Å². The quantitative estimate of drug-likeness (QED) is 0.398. The van der Waals surface area contributed by atoms with Crippen molar-refractivity contribution in [3.8, 4) is 17.2 Å². The highest BCUT2D eigenvalue weighted by Crippen LogP contribution is 2.25. The van der Waals surface area contributed by atoms with E-state index >= 15 is 0 Å². The van der Waals surface area contributed by atoms with Crippen molar-refractivity contribution in [2.75, 3.05) is 12.9 Å². The zero-order chi connectivity index (χ0) is 21.6. The molecule has 3 aromatic rings. The summed E-state index contributed by atoms with van der Waals surface area (Å²) >= 11 is 1.32. The average Bonchev–Trinajstić information content (AvgIpc) is 3.49. The molecule has 1 aliphatic carbocycles. The van der Waals surface area contributed by atoms with Gasteiger partial charge in [0.15, 0.2) is 0 Å². The summed E-state index contributed by atoms with van der Waals surface area (Å²) in [5, 5.41) is 2.94. The number of esters is 1. The van der Waals surface area contributed by atoms with Crippen LogP contribution in [-0.2, 0) is 16.1 Å². The van der Waals surface area contributed by atoms with Crippen molar-refractivity contribution in [2.45, 2.75) is 30.4 Å². The molecule has 0 saturated heterocycles. The fraction of sp³-hybridized carbons (Fsp3) is 0.261. The number of benzene rings is 2. The SMILES string of the molecule is COc1ccc(-c2nc(COC(=O)c3ccccc3SCC(=O)NC3CC3)co2)cc1. The third-order valence-electron chi connectivity index (χ3n) is 4.65. The van der Waals surface area contributed by atoms with E-state index in [0.29, 0.717) is 28.1 Å². The van der Waals surface area contributed by atoms with Gasteiger partial charge in [-0.05, 0) is 49.2 Å². The summed E-state index contributed by atoms with van der Waals surface area (Å²) in [5.41, 5.74) is 1.73. The van der Waals surface area contributed by atoms with Crippen LogP contribution in [0.3, 0.4) is 0 Å². The zero-order valence-corrected chi connectivity index (χ0v) is 17.8. The van der Waals surface area contributed by atoms with Gasteiger partial charge in [0.25, 0.3) is 0 Å². The monoisotopic (exact) mass is 438 g/mol. The van der Waals surface area contributed by atoms with Gasteiger partial charge in [0.2, 0.25) is 11.8 Å². The molecule has 1 amide bonds. The van der Waals surface area contributed by atoms with Gasteiger partial charge in [-0.15, -0.1) is 11.8 Å². The Bertz CT molecular complexity index is 1060. The molecule has 1 N–H and O–H groups in total. The molecule has 0 spiro atoms. The molecule has 8 heteroatoms. The second-order valence-corrected chi connectivity index (χ2v) is 8.09.